The first-order valence-electron chi connectivity index (χ1n) is 12.2. The number of rotatable bonds is 5. The molecule has 0 radical (unpaired) electrons. The van der Waals surface area contributed by atoms with Gasteiger partial charge >= 0.3 is 6.09 Å². The van der Waals surface area contributed by atoms with E-state index in [2.05, 4.69) is 46.8 Å². The quantitative estimate of drug-likeness (QED) is 0.430. The Morgan fingerprint density at radius 2 is 1.69 bits per heavy atom. The van der Waals surface area contributed by atoms with Crippen LogP contribution in [0.4, 0.5) is 10.5 Å². The number of benzene rings is 1. The molecule has 180 valence electrons. The summed E-state index contributed by atoms with van der Waals surface area (Å²) in [6.07, 6.45) is 7.44. The molecule has 1 aliphatic heterocycles. The van der Waals surface area contributed by atoms with E-state index in [4.69, 9.17) is 9.47 Å². The lowest BCUT2D eigenvalue weighted by molar-refractivity contribution is 0.0240. The van der Waals surface area contributed by atoms with Crippen LogP contribution in [-0.2, 0) is 4.74 Å². The normalized spacial score (nSPS) is 19.7. The highest BCUT2D eigenvalue weighted by atomic mass is 79.9. The Hall–Kier alpha value is -1.43. The van der Waals surface area contributed by atoms with Crippen molar-refractivity contribution in [1.29, 1.82) is 0 Å². The second-order valence-electron chi connectivity index (χ2n) is 10.5. The molecule has 6 heteroatoms. The summed E-state index contributed by atoms with van der Waals surface area (Å²) in [5, 5.41) is 0. The molecule has 1 heterocycles. The minimum absolute atomic E-state index is 0.214. The van der Waals surface area contributed by atoms with Gasteiger partial charge in [0.15, 0.2) is 0 Å². The molecule has 5 nitrogen and oxygen atoms in total. The van der Waals surface area contributed by atoms with Gasteiger partial charge in [-0.3, -0.25) is 0 Å². The molecule has 1 amide bonds. The van der Waals surface area contributed by atoms with E-state index in [-0.39, 0.29) is 6.09 Å². The number of amides is 1. The molecular formula is C26H41BrN2O3. The Morgan fingerprint density at radius 3 is 2.19 bits per heavy atom. The molecule has 1 aromatic carbocycles. The van der Waals surface area contributed by atoms with E-state index in [9.17, 15) is 4.79 Å². The highest BCUT2D eigenvalue weighted by Gasteiger charge is 2.35. The second kappa shape index (κ2) is 10.2. The molecule has 0 bridgehead atoms. The Balaban J connectivity index is 1.77. The number of anilines is 1. The van der Waals surface area contributed by atoms with E-state index in [1.165, 1.54) is 49.8 Å². The van der Waals surface area contributed by atoms with Gasteiger partial charge in [0.05, 0.1) is 11.6 Å². The molecule has 1 saturated heterocycles. The minimum atomic E-state index is -0.465. The Bertz CT molecular complexity index is 783. The summed E-state index contributed by atoms with van der Waals surface area (Å²) in [7, 11) is 1.72. The first-order chi connectivity index (χ1) is 15.1. The van der Waals surface area contributed by atoms with Crippen molar-refractivity contribution in [3.8, 4) is 5.75 Å². The number of methoxy groups -OCH3 is 1. The fraction of sp³-hybridized carbons (Fsp3) is 0.731. The summed E-state index contributed by atoms with van der Waals surface area (Å²) in [5.74, 6) is 1.44. The zero-order valence-corrected chi connectivity index (χ0v) is 22.4. The fourth-order valence-electron chi connectivity index (χ4n) is 5.27. The van der Waals surface area contributed by atoms with Gasteiger partial charge in [0, 0.05) is 37.9 Å². The highest BCUT2D eigenvalue weighted by Crippen LogP contribution is 2.49. The molecule has 1 aromatic rings. The van der Waals surface area contributed by atoms with Gasteiger partial charge in [0.25, 0.3) is 0 Å². The van der Waals surface area contributed by atoms with Crippen LogP contribution in [0.25, 0.3) is 0 Å². The van der Waals surface area contributed by atoms with Crippen molar-refractivity contribution < 1.29 is 14.3 Å². The van der Waals surface area contributed by atoms with Crippen LogP contribution < -0.4 is 9.64 Å². The third-order valence-corrected chi connectivity index (χ3v) is 8.18. The molecule has 3 rings (SSSR count). The van der Waals surface area contributed by atoms with E-state index in [1.807, 2.05) is 25.7 Å². The number of carbonyl (C=O) groups excluding carboxylic acids is 1. The average Bonchev–Trinajstić information content (AvgIpc) is 2.78. The third-order valence-electron chi connectivity index (χ3n) is 7.56. The van der Waals surface area contributed by atoms with Gasteiger partial charge in [0.2, 0.25) is 0 Å². The van der Waals surface area contributed by atoms with Gasteiger partial charge < -0.3 is 19.3 Å². The van der Waals surface area contributed by atoms with Gasteiger partial charge in [-0.2, -0.15) is 0 Å². The molecule has 0 unspecified atom stereocenters. The van der Waals surface area contributed by atoms with Crippen molar-refractivity contribution in [2.45, 2.75) is 84.7 Å². The summed E-state index contributed by atoms with van der Waals surface area (Å²) >= 11 is 3.73. The van der Waals surface area contributed by atoms with Crippen LogP contribution in [0.2, 0.25) is 0 Å². The topological polar surface area (TPSA) is 42.0 Å². The lowest BCUT2D eigenvalue weighted by Gasteiger charge is -2.42. The molecule has 0 spiro atoms. The summed E-state index contributed by atoms with van der Waals surface area (Å²) in [4.78, 5) is 16.7. The van der Waals surface area contributed by atoms with E-state index >= 15 is 0 Å². The lowest BCUT2D eigenvalue weighted by atomic mass is 9.66. The zero-order valence-electron chi connectivity index (χ0n) is 20.8. The van der Waals surface area contributed by atoms with E-state index < -0.39 is 5.60 Å². The number of halogens is 1. The van der Waals surface area contributed by atoms with Crippen molar-refractivity contribution in [3.63, 3.8) is 0 Å². The van der Waals surface area contributed by atoms with Gasteiger partial charge in [-0.15, -0.1) is 0 Å². The number of ether oxygens (including phenoxy) is 2. The van der Waals surface area contributed by atoms with E-state index in [1.54, 1.807) is 7.11 Å². The van der Waals surface area contributed by atoms with Crippen molar-refractivity contribution in [3.05, 3.63) is 22.2 Å². The SMILES string of the molecule is CCC1(CC)CCC(c2cc(Br)c(OC)cc2N2CCN(C(=O)OC(C)(C)C)CC2)CC1. The molecule has 1 aliphatic carbocycles. The Kier molecular flexibility index (Phi) is 8.06. The first kappa shape index (κ1) is 25.2. The molecule has 0 aromatic heterocycles. The van der Waals surface area contributed by atoms with E-state index in [0.29, 0.717) is 24.4 Å². The van der Waals surface area contributed by atoms with E-state index in [0.717, 1.165) is 23.3 Å². The van der Waals surface area contributed by atoms with Crippen LogP contribution in [0, 0.1) is 5.41 Å². The lowest BCUT2D eigenvalue weighted by Crippen LogP contribution is -2.50. The maximum Gasteiger partial charge on any atom is 0.410 e. The average molecular weight is 510 g/mol. The number of hydrogen-bond acceptors (Lipinski definition) is 4. The van der Waals surface area contributed by atoms with Crippen LogP contribution in [-0.4, -0.2) is 49.9 Å². The van der Waals surface area contributed by atoms with Crippen molar-refractivity contribution in [2.24, 2.45) is 5.41 Å². The van der Waals surface area contributed by atoms with Crippen LogP contribution >= 0.6 is 15.9 Å². The van der Waals surface area contributed by atoms with Gasteiger partial charge in [0.1, 0.15) is 11.4 Å². The van der Waals surface area contributed by atoms with Gasteiger partial charge in [-0.05, 0) is 85.3 Å². The highest BCUT2D eigenvalue weighted by molar-refractivity contribution is 9.10. The number of piperazine rings is 1. The molecular weight excluding hydrogens is 468 g/mol. The molecule has 2 fully saturated rings. The third kappa shape index (κ3) is 5.73. The predicted molar refractivity (Wildman–Crippen MR) is 135 cm³/mol. The Morgan fingerprint density at radius 1 is 1.09 bits per heavy atom. The van der Waals surface area contributed by atoms with Crippen LogP contribution in [0.3, 0.4) is 0 Å². The smallest absolute Gasteiger partial charge is 0.410 e. The summed E-state index contributed by atoms with van der Waals surface area (Å²) in [6.45, 7) is 13.4. The number of hydrogen-bond donors (Lipinski definition) is 0. The minimum Gasteiger partial charge on any atom is -0.495 e. The molecule has 2 aliphatic rings. The van der Waals surface area contributed by atoms with Gasteiger partial charge in [-0.1, -0.05) is 26.7 Å². The Labute approximate surface area is 202 Å². The van der Waals surface area contributed by atoms with Crippen molar-refractivity contribution >= 4 is 27.7 Å². The second-order valence-corrected chi connectivity index (χ2v) is 11.3. The first-order valence-corrected chi connectivity index (χ1v) is 13.0. The molecule has 1 saturated carbocycles. The van der Waals surface area contributed by atoms with Crippen LogP contribution in [0.5, 0.6) is 5.75 Å². The molecule has 0 N–H and O–H groups in total. The maximum absolute atomic E-state index is 12.5. The van der Waals surface area contributed by atoms with Gasteiger partial charge in [-0.25, -0.2) is 4.79 Å². The summed E-state index contributed by atoms with van der Waals surface area (Å²) in [5.41, 5.74) is 2.75. The summed E-state index contributed by atoms with van der Waals surface area (Å²) in [6, 6.07) is 4.47. The summed E-state index contributed by atoms with van der Waals surface area (Å²) < 4.78 is 12.2. The van der Waals surface area contributed by atoms with Crippen molar-refractivity contribution in [2.75, 3.05) is 38.2 Å². The number of carbonyl (C=O) groups is 1. The zero-order chi connectivity index (χ0) is 23.5. The number of nitrogens with zero attached hydrogens (tertiary/aromatic N) is 2. The fourth-order valence-corrected chi connectivity index (χ4v) is 5.79. The van der Waals surface area contributed by atoms with Crippen LogP contribution in [0.15, 0.2) is 16.6 Å². The standard InChI is InChI=1S/C26H41BrN2O3/c1-7-26(8-2)11-9-19(10-12-26)20-17-21(27)23(31-6)18-22(20)28-13-15-29(16-14-28)24(30)32-25(3,4)5/h17-19H,7-16H2,1-6H3. The monoisotopic (exact) mass is 508 g/mol. The molecule has 32 heavy (non-hydrogen) atoms. The predicted octanol–water partition coefficient (Wildman–Crippen LogP) is 6.98. The maximum atomic E-state index is 12.5. The largest absolute Gasteiger partial charge is 0.495 e. The van der Waals surface area contributed by atoms with Crippen LogP contribution in [0.1, 0.15) is 84.6 Å². The molecule has 0 atom stereocenters. The van der Waals surface area contributed by atoms with Crippen molar-refractivity contribution in [1.82, 2.24) is 4.90 Å².